The minimum absolute atomic E-state index is 0.162. The first kappa shape index (κ1) is 17.8. The van der Waals surface area contributed by atoms with Crippen molar-refractivity contribution in [3.8, 4) is 10.8 Å². The van der Waals surface area contributed by atoms with Gasteiger partial charge in [-0.1, -0.05) is 0 Å². The second kappa shape index (κ2) is 30.7. The predicted molar refractivity (Wildman–Crippen MR) is 43.4 cm³/mol. The van der Waals surface area contributed by atoms with Gasteiger partial charge in [0, 0.05) is 0 Å². The van der Waals surface area contributed by atoms with Gasteiger partial charge in [0.05, 0.1) is 0 Å². The van der Waals surface area contributed by atoms with Crippen LogP contribution >= 0.6 is 42.9 Å². The van der Waals surface area contributed by atoms with E-state index in [0.29, 0.717) is 0 Å². The molecule has 2 N–H and O–H groups in total. The quantitative estimate of drug-likeness (QED) is 0.406. The first-order chi connectivity index (χ1) is 5.24. The van der Waals surface area contributed by atoms with Gasteiger partial charge in [-0.25, -0.2) is 0 Å². The number of hydrogen-bond acceptors (Lipinski definition) is 6. The average molecular weight is 317 g/mol. The summed E-state index contributed by atoms with van der Waals surface area (Å²) in [5, 5.41) is 17.5. The maximum atomic E-state index is 7.43. The van der Waals surface area contributed by atoms with Crippen LogP contribution in [-0.2, 0) is 16.5 Å². The molecule has 64 valence electrons. The SMILES string of the molecule is N#CSO.N#CSO.[Cl][Mo][Cl]. The van der Waals surface area contributed by atoms with Crippen LogP contribution in [0.3, 0.4) is 0 Å². The van der Waals surface area contributed by atoms with E-state index >= 15 is 0 Å². The van der Waals surface area contributed by atoms with Gasteiger partial charge in [0.2, 0.25) is 0 Å². The molecule has 0 amide bonds. The molecule has 9 heteroatoms. The van der Waals surface area contributed by atoms with E-state index in [1.54, 1.807) is 0 Å². The van der Waals surface area contributed by atoms with Crippen LogP contribution in [-0.4, -0.2) is 9.11 Å². The Hall–Kier alpha value is 0.868. The summed E-state index contributed by atoms with van der Waals surface area (Å²) in [4.78, 5) is 0. The molecular formula is C2H2Cl2MoN2O2S2. The Morgan fingerprint density at radius 3 is 1.18 bits per heavy atom. The second-order valence-corrected chi connectivity index (χ2v) is 4.20. The topological polar surface area (TPSA) is 88.0 Å². The van der Waals surface area contributed by atoms with Gasteiger partial charge in [0.15, 0.2) is 10.8 Å². The Kier molecular flexibility index (Phi) is 49.8. The summed E-state index contributed by atoms with van der Waals surface area (Å²) in [5.74, 6) is 0. The molecule has 0 radical (unpaired) electrons. The van der Waals surface area contributed by atoms with E-state index in [2.05, 4.69) is 0 Å². The van der Waals surface area contributed by atoms with Gasteiger partial charge < -0.3 is 9.11 Å². The van der Waals surface area contributed by atoms with Crippen molar-refractivity contribution in [1.82, 2.24) is 0 Å². The molecule has 11 heavy (non-hydrogen) atoms. The molecule has 0 aromatic rings. The molecule has 0 aliphatic heterocycles. The molecule has 0 saturated heterocycles. The van der Waals surface area contributed by atoms with Crippen LogP contribution in [0, 0.1) is 21.3 Å². The van der Waals surface area contributed by atoms with E-state index in [1.807, 2.05) is 0 Å². The van der Waals surface area contributed by atoms with Crippen molar-refractivity contribution >= 4 is 42.9 Å². The molecule has 4 nitrogen and oxygen atoms in total. The zero-order chi connectivity index (χ0) is 9.54. The standard InChI is InChI=1S/2CHNOS.2ClH.Mo/c2*2-1-4-3;;;/h2*3H;2*1H;/q;;;;+2/p-2. The van der Waals surface area contributed by atoms with Gasteiger partial charge in [0.25, 0.3) is 0 Å². The summed E-state index contributed by atoms with van der Waals surface area (Å²) in [6.45, 7) is 0. The van der Waals surface area contributed by atoms with Crippen LogP contribution in [0.25, 0.3) is 0 Å². The van der Waals surface area contributed by atoms with Crippen molar-refractivity contribution in [3.05, 3.63) is 0 Å². The number of halogens is 2. The molecule has 0 saturated carbocycles. The number of nitrogens with zero attached hydrogens (tertiary/aromatic N) is 2. The van der Waals surface area contributed by atoms with Crippen LogP contribution in [0.1, 0.15) is 0 Å². The molecule has 0 heterocycles. The van der Waals surface area contributed by atoms with Crippen LogP contribution in [0.15, 0.2) is 0 Å². The minimum atomic E-state index is -0.586. The van der Waals surface area contributed by atoms with Gasteiger partial charge in [-0.05, 0) is 0 Å². The Balaban J connectivity index is -0.0000000886. The molecule has 0 bridgehead atoms. The normalized spacial score (nSPS) is 5.27. The van der Waals surface area contributed by atoms with Crippen molar-refractivity contribution in [1.29, 1.82) is 10.5 Å². The molecular weight excluding hydrogens is 315 g/mol. The van der Waals surface area contributed by atoms with E-state index < -0.39 is 16.5 Å². The summed E-state index contributed by atoms with van der Waals surface area (Å²) in [7, 11) is 9.79. The average Bonchev–Trinajstić information content (AvgIpc) is 2.06. The first-order valence-corrected chi connectivity index (χ1v) is 8.24. The third kappa shape index (κ3) is 104. The molecule has 0 aliphatic rings. The summed E-state index contributed by atoms with van der Waals surface area (Å²) in [6, 6.07) is 0. The van der Waals surface area contributed by atoms with Gasteiger partial charge in [-0.2, -0.15) is 10.5 Å². The second-order valence-electron chi connectivity index (χ2n) is 0.423. The van der Waals surface area contributed by atoms with Crippen LogP contribution in [0.4, 0.5) is 0 Å². The number of nitriles is 2. The van der Waals surface area contributed by atoms with E-state index in [9.17, 15) is 0 Å². The number of rotatable bonds is 0. The molecule has 0 fully saturated rings. The Morgan fingerprint density at radius 2 is 1.18 bits per heavy atom. The summed E-state index contributed by atoms with van der Waals surface area (Å²) < 4.78 is 14.9. The monoisotopic (exact) mass is 318 g/mol. The summed E-state index contributed by atoms with van der Waals surface area (Å²) >= 11 is -0.261. The molecule has 0 aliphatic carbocycles. The van der Waals surface area contributed by atoms with Crippen molar-refractivity contribution in [2.24, 2.45) is 0 Å². The molecule has 0 unspecified atom stereocenters. The molecule has 0 aromatic heterocycles. The van der Waals surface area contributed by atoms with Crippen molar-refractivity contribution < 1.29 is 25.6 Å². The zero-order valence-corrected chi connectivity index (χ0v) is 9.92. The van der Waals surface area contributed by atoms with E-state index in [-0.39, 0.29) is 24.1 Å². The third-order valence-electron chi connectivity index (χ3n) is 0.0816. The van der Waals surface area contributed by atoms with Crippen LogP contribution < -0.4 is 0 Å². The molecule has 0 aromatic carbocycles. The molecule has 0 atom stereocenters. The fourth-order valence-electron chi connectivity index (χ4n) is 0. The fourth-order valence-corrected chi connectivity index (χ4v) is 0. The van der Waals surface area contributed by atoms with E-state index in [0.717, 1.165) is 0 Å². The van der Waals surface area contributed by atoms with Crippen LogP contribution in [0.5, 0.6) is 0 Å². The summed E-state index contributed by atoms with van der Waals surface area (Å²) in [5.41, 5.74) is 0. The van der Waals surface area contributed by atoms with Gasteiger partial charge >= 0.3 is 35.3 Å². The predicted octanol–water partition coefficient (Wildman–Crippen LogP) is 2.72. The van der Waals surface area contributed by atoms with E-state index in [1.165, 1.54) is 10.8 Å². The van der Waals surface area contributed by atoms with E-state index in [4.69, 9.17) is 38.5 Å². The fraction of sp³-hybridized carbons (Fsp3) is 0. The van der Waals surface area contributed by atoms with Gasteiger partial charge in [0.1, 0.15) is 24.1 Å². The Bertz CT molecular complexity index is 112. The Morgan fingerprint density at radius 1 is 1.09 bits per heavy atom. The Labute approximate surface area is 89.3 Å². The third-order valence-corrected chi connectivity index (χ3v) is 0.245. The van der Waals surface area contributed by atoms with Crippen molar-refractivity contribution in [2.45, 2.75) is 0 Å². The molecule has 0 spiro atoms. The van der Waals surface area contributed by atoms with Gasteiger partial charge in [-0.15, -0.1) is 0 Å². The van der Waals surface area contributed by atoms with Crippen molar-refractivity contribution in [3.63, 3.8) is 0 Å². The number of hydrogen-bond donors (Lipinski definition) is 2. The van der Waals surface area contributed by atoms with Crippen LogP contribution in [0.2, 0.25) is 0 Å². The van der Waals surface area contributed by atoms with Gasteiger partial charge in [-0.3, -0.25) is 0 Å². The first-order valence-electron chi connectivity index (χ1n) is 1.53. The molecule has 0 rings (SSSR count). The summed E-state index contributed by atoms with van der Waals surface area (Å²) in [6.07, 6.45) is 0. The van der Waals surface area contributed by atoms with Crippen molar-refractivity contribution in [2.75, 3.05) is 0 Å². The zero-order valence-electron chi connectivity index (χ0n) is 4.77. The number of thiocyanates is 2. The maximum absolute atomic E-state index is 7.43.